The van der Waals surface area contributed by atoms with Gasteiger partial charge in [-0.1, -0.05) is 0 Å². The van der Waals surface area contributed by atoms with E-state index in [0.717, 1.165) is 4.57 Å². The van der Waals surface area contributed by atoms with Crippen molar-refractivity contribution in [1.29, 1.82) is 0 Å². The number of rotatable bonds is 2. The molecule has 2 aromatic rings. The van der Waals surface area contributed by atoms with Gasteiger partial charge in [0.15, 0.2) is 6.23 Å². The summed E-state index contributed by atoms with van der Waals surface area (Å²) < 4.78 is 46.2. The van der Waals surface area contributed by atoms with Gasteiger partial charge in [0, 0.05) is 11.6 Å². The predicted molar refractivity (Wildman–Crippen MR) is 114 cm³/mol. The van der Waals surface area contributed by atoms with E-state index >= 15 is 0 Å². The SMILES string of the molecule is O=P(O)(O)O.O=P(O)(O)O.O=P(O)(O)O.O=c1c2ccc(F)cc2ccn1[C@@H]1O[C@H](CO)[C@@H](O)[C@H]1O. The highest BCUT2D eigenvalue weighted by molar-refractivity contribution is 7.45. The number of pyridine rings is 1. The predicted octanol–water partition coefficient (Wildman–Crippen LogP) is -3.03. The zero-order valence-electron chi connectivity index (χ0n) is 17.5. The molecule has 0 bridgehead atoms. The Morgan fingerprint density at radius 3 is 1.67 bits per heavy atom. The van der Waals surface area contributed by atoms with Crippen molar-refractivity contribution in [3.63, 3.8) is 0 Å². The molecule has 36 heavy (non-hydrogen) atoms. The summed E-state index contributed by atoms with van der Waals surface area (Å²) in [5.41, 5.74) is -0.470. The molecule has 0 unspecified atom stereocenters. The van der Waals surface area contributed by atoms with Gasteiger partial charge in [0.05, 0.1) is 6.61 Å². The average molecular weight is 589 g/mol. The van der Waals surface area contributed by atoms with Crippen LogP contribution in [0.2, 0.25) is 0 Å². The summed E-state index contributed by atoms with van der Waals surface area (Å²) in [5.74, 6) is -0.451. The molecule has 208 valence electrons. The van der Waals surface area contributed by atoms with E-state index < -0.39 is 66.0 Å². The number of hydrogen-bond acceptors (Lipinski definition) is 8. The van der Waals surface area contributed by atoms with Crippen LogP contribution >= 0.6 is 23.5 Å². The fourth-order valence-corrected chi connectivity index (χ4v) is 2.54. The summed E-state index contributed by atoms with van der Waals surface area (Å²) in [6.07, 6.45) is -3.31. The molecule has 4 atom stereocenters. The van der Waals surface area contributed by atoms with Gasteiger partial charge >= 0.3 is 23.5 Å². The highest BCUT2D eigenvalue weighted by Crippen LogP contribution is 2.29. The van der Waals surface area contributed by atoms with Crippen molar-refractivity contribution in [2.24, 2.45) is 0 Å². The van der Waals surface area contributed by atoms with Crippen LogP contribution in [0.5, 0.6) is 0 Å². The molecule has 3 rings (SSSR count). The number of benzene rings is 1. The molecular weight excluding hydrogens is 566 g/mol. The number of halogens is 1. The number of fused-ring (bicyclic) bond motifs is 1. The highest BCUT2D eigenvalue weighted by atomic mass is 31.2. The molecule has 0 saturated carbocycles. The molecule has 1 saturated heterocycles. The summed E-state index contributed by atoms with van der Waals surface area (Å²) in [6, 6.07) is 5.28. The van der Waals surface area contributed by atoms with Gasteiger partial charge in [-0.2, -0.15) is 0 Å². The van der Waals surface area contributed by atoms with Crippen LogP contribution in [-0.2, 0) is 18.4 Å². The third-order valence-corrected chi connectivity index (χ3v) is 3.68. The summed E-state index contributed by atoms with van der Waals surface area (Å²) in [5, 5.41) is 29.5. The Hall–Kier alpha value is -1.47. The molecule has 22 heteroatoms. The van der Waals surface area contributed by atoms with Crippen LogP contribution in [0, 0.1) is 5.82 Å². The maximum absolute atomic E-state index is 13.1. The van der Waals surface area contributed by atoms with Crippen molar-refractivity contribution in [3.8, 4) is 0 Å². The lowest BCUT2D eigenvalue weighted by Gasteiger charge is -2.18. The highest BCUT2D eigenvalue weighted by Gasteiger charge is 2.43. The summed E-state index contributed by atoms with van der Waals surface area (Å²) >= 11 is 0. The Morgan fingerprint density at radius 2 is 1.28 bits per heavy atom. The normalized spacial score (nSPS) is 21.9. The summed E-state index contributed by atoms with van der Waals surface area (Å²) in [7, 11) is -13.9. The van der Waals surface area contributed by atoms with Gasteiger partial charge in [0.1, 0.15) is 24.1 Å². The van der Waals surface area contributed by atoms with Crippen LogP contribution in [0.4, 0.5) is 4.39 Å². The van der Waals surface area contributed by atoms with Gasteiger partial charge in [-0.05, 0) is 29.7 Å². The quantitative estimate of drug-likeness (QED) is 0.155. The van der Waals surface area contributed by atoms with Crippen LogP contribution in [0.3, 0.4) is 0 Å². The van der Waals surface area contributed by atoms with Crippen LogP contribution in [-0.4, -0.2) is 88.8 Å². The molecule has 1 fully saturated rings. The topological polar surface area (TPSA) is 325 Å². The Kier molecular flexibility index (Phi) is 13.3. The molecule has 1 aromatic heterocycles. The monoisotopic (exact) mass is 589 g/mol. The van der Waals surface area contributed by atoms with Gasteiger partial charge < -0.3 is 64.1 Å². The molecule has 0 radical (unpaired) electrons. The van der Waals surface area contributed by atoms with Crippen LogP contribution in [0.15, 0.2) is 35.3 Å². The maximum Gasteiger partial charge on any atom is 0.466 e. The molecule has 18 nitrogen and oxygen atoms in total. The molecule has 1 aliphatic heterocycles. The number of aliphatic hydroxyl groups excluding tert-OH is 3. The lowest BCUT2D eigenvalue weighted by atomic mass is 10.1. The fraction of sp³-hybridized carbons (Fsp3) is 0.357. The Bertz CT molecular complexity index is 1120. The Labute approximate surface area is 199 Å². The van der Waals surface area contributed by atoms with Crippen molar-refractivity contribution in [2.75, 3.05) is 6.61 Å². The van der Waals surface area contributed by atoms with E-state index in [9.17, 15) is 19.4 Å². The fourth-order valence-electron chi connectivity index (χ4n) is 2.54. The Balaban J connectivity index is 0.000000672. The summed E-state index contributed by atoms with van der Waals surface area (Å²) in [6.45, 7) is -0.470. The molecule has 2 heterocycles. The zero-order valence-corrected chi connectivity index (χ0v) is 20.2. The minimum absolute atomic E-state index is 0.275. The van der Waals surface area contributed by atoms with Crippen molar-refractivity contribution < 1.29 is 82.2 Å². The number of hydrogen-bond donors (Lipinski definition) is 12. The first-order valence-electron chi connectivity index (χ1n) is 8.80. The van der Waals surface area contributed by atoms with Gasteiger partial charge in [-0.25, -0.2) is 18.1 Å². The van der Waals surface area contributed by atoms with E-state index in [4.69, 9.17) is 67.6 Å². The molecule has 0 amide bonds. The number of nitrogens with zero attached hydrogens (tertiary/aromatic N) is 1. The minimum Gasteiger partial charge on any atom is -0.394 e. The van der Waals surface area contributed by atoms with E-state index in [-0.39, 0.29) is 5.39 Å². The molecule has 12 N–H and O–H groups in total. The second-order valence-corrected chi connectivity index (χ2v) is 9.61. The third-order valence-electron chi connectivity index (χ3n) is 3.68. The first-order valence-corrected chi connectivity index (χ1v) is 13.5. The van der Waals surface area contributed by atoms with E-state index in [1.54, 1.807) is 0 Å². The van der Waals surface area contributed by atoms with E-state index in [0.29, 0.717) is 5.39 Å². The van der Waals surface area contributed by atoms with Crippen molar-refractivity contribution in [2.45, 2.75) is 24.5 Å². The van der Waals surface area contributed by atoms with Crippen LogP contribution in [0.25, 0.3) is 10.8 Å². The molecular formula is C14H23FNO17P3. The van der Waals surface area contributed by atoms with E-state index in [1.165, 1.54) is 30.5 Å². The van der Waals surface area contributed by atoms with Gasteiger partial charge in [-0.15, -0.1) is 0 Å². The van der Waals surface area contributed by atoms with Crippen molar-refractivity contribution in [3.05, 3.63) is 46.6 Å². The number of aromatic nitrogens is 1. The minimum atomic E-state index is -4.64. The van der Waals surface area contributed by atoms with E-state index in [1.807, 2.05) is 0 Å². The smallest absolute Gasteiger partial charge is 0.394 e. The standard InChI is InChI=1S/C14H14FNO5.3H3O4P/c15-8-1-2-9-7(5-8)3-4-16(13(9)20)14-12(19)11(18)10(6-17)21-14;3*1-5(2,3)4/h1-5,10-12,14,17-19H,6H2;3*(H3,1,2,3,4)/t10-,11-,12-,14-;;;/m1.../s1. The van der Waals surface area contributed by atoms with Crippen LogP contribution in [0.1, 0.15) is 6.23 Å². The first-order chi connectivity index (χ1) is 16.0. The zero-order chi connectivity index (χ0) is 28.6. The first kappa shape index (κ1) is 34.5. The van der Waals surface area contributed by atoms with Crippen molar-refractivity contribution in [1.82, 2.24) is 4.57 Å². The lowest BCUT2D eigenvalue weighted by Crippen LogP contribution is -2.35. The average Bonchev–Trinajstić information content (AvgIpc) is 2.92. The molecule has 0 spiro atoms. The second kappa shape index (κ2) is 13.9. The van der Waals surface area contributed by atoms with Gasteiger partial charge in [0.25, 0.3) is 5.56 Å². The molecule has 1 aromatic carbocycles. The number of phosphoric acid groups is 3. The lowest BCUT2D eigenvalue weighted by molar-refractivity contribution is -0.0541. The summed E-state index contributed by atoms with van der Waals surface area (Å²) in [4.78, 5) is 77.1. The third kappa shape index (κ3) is 14.9. The second-order valence-electron chi connectivity index (χ2n) is 6.53. The molecule has 1 aliphatic rings. The Morgan fingerprint density at radius 1 is 0.833 bits per heavy atom. The van der Waals surface area contributed by atoms with Crippen LogP contribution < -0.4 is 5.56 Å². The number of aliphatic hydroxyl groups is 3. The maximum atomic E-state index is 13.1. The van der Waals surface area contributed by atoms with Gasteiger partial charge in [-0.3, -0.25) is 9.36 Å². The largest absolute Gasteiger partial charge is 0.466 e. The van der Waals surface area contributed by atoms with Crippen molar-refractivity contribution >= 4 is 34.2 Å². The van der Waals surface area contributed by atoms with E-state index in [2.05, 4.69) is 0 Å². The molecule has 0 aliphatic carbocycles. The number of ether oxygens (including phenoxy) is 1. The van der Waals surface area contributed by atoms with Gasteiger partial charge in [0.2, 0.25) is 0 Å².